The Kier molecular flexibility index (Phi) is 7.48. The zero-order valence-corrected chi connectivity index (χ0v) is 13.4. The lowest BCUT2D eigenvalue weighted by molar-refractivity contribution is -0.153. The van der Waals surface area contributed by atoms with Crippen LogP contribution in [0.2, 0.25) is 0 Å². The van der Waals surface area contributed by atoms with Crippen molar-refractivity contribution in [3.05, 3.63) is 0 Å². The molecule has 0 spiro atoms. The standard InChI is InChI=1S/C15H30N2O3/c1-5-16-15(13-8-9-13,14(18)20-6-2)12-17(3)10-7-11-19-4/h13,16H,5-12H2,1-4H3. The molecule has 1 fully saturated rings. The van der Waals surface area contributed by atoms with Crippen LogP contribution in [0.3, 0.4) is 0 Å². The molecule has 0 amide bonds. The summed E-state index contributed by atoms with van der Waals surface area (Å²) in [6, 6.07) is 0. The number of carbonyl (C=O) groups excluding carboxylic acids is 1. The molecule has 5 nitrogen and oxygen atoms in total. The number of nitrogens with one attached hydrogen (secondary N) is 1. The third-order valence-electron chi connectivity index (χ3n) is 3.81. The van der Waals surface area contributed by atoms with Crippen LogP contribution in [0.1, 0.15) is 33.1 Å². The highest BCUT2D eigenvalue weighted by atomic mass is 16.5. The van der Waals surface area contributed by atoms with Crippen LogP contribution >= 0.6 is 0 Å². The number of hydrogen-bond donors (Lipinski definition) is 1. The highest BCUT2D eigenvalue weighted by molar-refractivity contribution is 5.82. The first-order valence-electron chi connectivity index (χ1n) is 7.70. The molecule has 1 rings (SSSR count). The van der Waals surface area contributed by atoms with Crippen molar-refractivity contribution >= 4 is 5.97 Å². The topological polar surface area (TPSA) is 50.8 Å². The average Bonchev–Trinajstić information content (AvgIpc) is 3.23. The highest BCUT2D eigenvalue weighted by Crippen LogP contribution is 2.41. The van der Waals surface area contributed by atoms with Gasteiger partial charge in [0.25, 0.3) is 0 Å². The van der Waals surface area contributed by atoms with Crippen molar-refractivity contribution in [3.8, 4) is 0 Å². The van der Waals surface area contributed by atoms with Crippen LogP contribution in [-0.2, 0) is 14.3 Å². The Morgan fingerprint density at radius 2 is 2.10 bits per heavy atom. The molecule has 1 unspecified atom stereocenters. The molecule has 0 aromatic carbocycles. The van der Waals surface area contributed by atoms with Gasteiger partial charge in [0.1, 0.15) is 5.54 Å². The molecule has 0 saturated heterocycles. The highest BCUT2D eigenvalue weighted by Gasteiger charge is 2.52. The molecule has 0 bridgehead atoms. The maximum absolute atomic E-state index is 12.5. The average molecular weight is 286 g/mol. The normalized spacial score (nSPS) is 18.1. The number of methoxy groups -OCH3 is 1. The van der Waals surface area contributed by atoms with Crippen molar-refractivity contribution in [1.82, 2.24) is 10.2 Å². The Hall–Kier alpha value is -0.650. The summed E-state index contributed by atoms with van der Waals surface area (Å²) >= 11 is 0. The van der Waals surface area contributed by atoms with Crippen LogP contribution in [0, 0.1) is 5.92 Å². The fourth-order valence-corrected chi connectivity index (χ4v) is 2.77. The van der Waals surface area contributed by atoms with Crippen LogP contribution in [0.15, 0.2) is 0 Å². The minimum Gasteiger partial charge on any atom is -0.465 e. The first kappa shape index (κ1) is 17.4. The number of carbonyl (C=O) groups is 1. The molecule has 1 aliphatic rings. The van der Waals surface area contributed by atoms with E-state index in [0.717, 1.165) is 39.0 Å². The fourth-order valence-electron chi connectivity index (χ4n) is 2.77. The van der Waals surface area contributed by atoms with E-state index in [1.54, 1.807) is 7.11 Å². The Balaban J connectivity index is 2.67. The smallest absolute Gasteiger partial charge is 0.327 e. The molecule has 0 radical (unpaired) electrons. The van der Waals surface area contributed by atoms with Crippen LogP contribution < -0.4 is 5.32 Å². The molecule has 1 atom stereocenters. The van der Waals surface area contributed by atoms with Crippen LogP contribution in [-0.4, -0.2) is 63.4 Å². The Morgan fingerprint density at radius 1 is 1.40 bits per heavy atom. The van der Waals surface area contributed by atoms with Crippen molar-refractivity contribution in [2.45, 2.75) is 38.6 Å². The molecule has 118 valence electrons. The van der Waals surface area contributed by atoms with E-state index in [-0.39, 0.29) is 5.97 Å². The SMILES string of the molecule is CCNC(CN(C)CCCOC)(C(=O)OCC)C1CC1. The Morgan fingerprint density at radius 3 is 2.60 bits per heavy atom. The summed E-state index contributed by atoms with van der Waals surface area (Å²) in [7, 11) is 3.77. The van der Waals surface area contributed by atoms with Gasteiger partial charge in [-0.2, -0.15) is 0 Å². The summed E-state index contributed by atoms with van der Waals surface area (Å²) in [5.74, 6) is 0.314. The van der Waals surface area contributed by atoms with Crippen molar-refractivity contribution in [2.24, 2.45) is 5.92 Å². The summed E-state index contributed by atoms with van der Waals surface area (Å²) in [6.45, 7) is 7.50. The minimum absolute atomic E-state index is 0.0945. The predicted octanol–water partition coefficient (Wildman–Crippen LogP) is 1.28. The van der Waals surface area contributed by atoms with Crippen molar-refractivity contribution < 1.29 is 14.3 Å². The summed E-state index contributed by atoms with van der Waals surface area (Å²) in [4.78, 5) is 14.7. The van der Waals surface area contributed by atoms with Crippen LogP contribution in [0.5, 0.6) is 0 Å². The lowest BCUT2D eigenvalue weighted by atomic mass is 9.92. The van der Waals surface area contributed by atoms with E-state index in [2.05, 4.69) is 17.3 Å². The molecule has 1 N–H and O–H groups in total. The van der Waals surface area contributed by atoms with E-state index in [4.69, 9.17) is 9.47 Å². The van der Waals surface area contributed by atoms with Gasteiger partial charge in [-0.1, -0.05) is 6.92 Å². The van der Waals surface area contributed by atoms with Gasteiger partial charge in [0, 0.05) is 26.8 Å². The molecule has 0 aliphatic heterocycles. The number of hydrogen-bond acceptors (Lipinski definition) is 5. The second-order valence-electron chi connectivity index (χ2n) is 5.58. The molecule has 20 heavy (non-hydrogen) atoms. The van der Waals surface area contributed by atoms with Crippen LogP contribution in [0.25, 0.3) is 0 Å². The third-order valence-corrected chi connectivity index (χ3v) is 3.81. The van der Waals surface area contributed by atoms with Gasteiger partial charge in [-0.05, 0) is 45.7 Å². The minimum atomic E-state index is -0.535. The maximum Gasteiger partial charge on any atom is 0.327 e. The van der Waals surface area contributed by atoms with Gasteiger partial charge in [0.2, 0.25) is 0 Å². The zero-order valence-electron chi connectivity index (χ0n) is 13.4. The lowest BCUT2D eigenvalue weighted by Crippen LogP contribution is -2.61. The summed E-state index contributed by atoms with van der Waals surface area (Å²) < 4.78 is 10.4. The Labute approximate surface area is 123 Å². The quantitative estimate of drug-likeness (QED) is 0.458. The number of ether oxygens (including phenoxy) is 2. The molecular weight excluding hydrogens is 256 g/mol. The number of nitrogens with zero attached hydrogens (tertiary/aromatic N) is 1. The molecule has 0 heterocycles. The summed E-state index contributed by atoms with van der Waals surface area (Å²) in [5.41, 5.74) is -0.535. The number of esters is 1. The number of rotatable bonds is 11. The predicted molar refractivity (Wildman–Crippen MR) is 79.8 cm³/mol. The third kappa shape index (κ3) is 4.72. The summed E-state index contributed by atoms with van der Waals surface area (Å²) in [5, 5.41) is 3.42. The zero-order chi connectivity index (χ0) is 15.0. The fraction of sp³-hybridized carbons (Fsp3) is 0.933. The van der Waals surface area contributed by atoms with Gasteiger partial charge in [-0.15, -0.1) is 0 Å². The lowest BCUT2D eigenvalue weighted by Gasteiger charge is -2.36. The number of likely N-dealkylation sites (N-methyl/N-ethyl adjacent to an activating group) is 2. The molecule has 0 aromatic heterocycles. The maximum atomic E-state index is 12.5. The van der Waals surface area contributed by atoms with Gasteiger partial charge in [0.15, 0.2) is 0 Å². The molecule has 5 heteroatoms. The van der Waals surface area contributed by atoms with Crippen molar-refractivity contribution in [3.63, 3.8) is 0 Å². The van der Waals surface area contributed by atoms with E-state index in [9.17, 15) is 4.79 Å². The van der Waals surface area contributed by atoms with Gasteiger partial charge < -0.3 is 19.7 Å². The van der Waals surface area contributed by atoms with Crippen LogP contribution in [0.4, 0.5) is 0 Å². The van der Waals surface area contributed by atoms with E-state index < -0.39 is 5.54 Å². The molecule has 1 aliphatic carbocycles. The molecular formula is C15H30N2O3. The van der Waals surface area contributed by atoms with E-state index >= 15 is 0 Å². The van der Waals surface area contributed by atoms with Gasteiger partial charge in [-0.3, -0.25) is 0 Å². The van der Waals surface area contributed by atoms with Crippen molar-refractivity contribution in [2.75, 3.05) is 47.0 Å². The summed E-state index contributed by atoms with van der Waals surface area (Å²) in [6.07, 6.45) is 3.19. The van der Waals surface area contributed by atoms with Gasteiger partial charge in [-0.25, -0.2) is 4.79 Å². The molecule has 1 saturated carbocycles. The monoisotopic (exact) mass is 286 g/mol. The van der Waals surface area contributed by atoms with Gasteiger partial charge in [0.05, 0.1) is 6.61 Å². The second kappa shape index (κ2) is 8.60. The Bertz CT molecular complexity index is 295. The largest absolute Gasteiger partial charge is 0.465 e. The first-order valence-corrected chi connectivity index (χ1v) is 7.70. The van der Waals surface area contributed by atoms with Gasteiger partial charge >= 0.3 is 5.97 Å². The molecule has 0 aromatic rings. The van der Waals surface area contributed by atoms with E-state index in [1.165, 1.54) is 0 Å². The van der Waals surface area contributed by atoms with E-state index in [1.807, 2.05) is 13.8 Å². The van der Waals surface area contributed by atoms with E-state index in [0.29, 0.717) is 19.1 Å². The van der Waals surface area contributed by atoms with Crippen molar-refractivity contribution in [1.29, 1.82) is 0 Å². The second-order valence-corrected chi connectivity index (χ2v) is 5.58. The first-order chi connectivity index (χ1) is 9.60.